The van der Waals surface area contributed by atoms with Crippen molar-refractivity contribution in [3.63, 3.8) is 0 Å². The van der Waals surface area contributed by atoms with Crippen LogP contribution in [0.1, 0.15) is 51.9 Å². The molecule has 7 heteroatoms. The van der Waals surface area contributed by atoms with Gasteiger partial charge in [-0.2, -0.15) is 10.5 Å². The molecule has 2 aromatic carbocycles. The third-order valence-corrected chi connectivity index (χ3v) is 9.91. The molecular formula is C27H34N3O3P. The van der Waals surface area contributed by atoms with Crippen LogP contribution < -0.4 is 10.6 Å². The standard InChI is InChI=1S/C27H34N3O3P/c1-5-33-34(32,24-14-10-7-11-15-24)25(21-12-8-6-9-13-21)30-27(19-29)17-23(26(3,4)31)16-22(18-28)20(27)2/h6-15,20,22-23,25,30-31H,5,16-17H2,1-4H3/t20-,22+,23-,25+,27+,34?/m1/s1. The maximum atomic E-state index is 14.7. The Balaban J connectivity index is 2.18. The van der Waals surface area contributed by atoms with E-state index < -0.39 is 30.2 Å². The van der Waals surface area contributed by atoms with Gasteiger partial charge in [-0.15, -0.1) is 0 Å². The Morgan fingerprint density at radius 3 is 2.26 bits per heavy atom. The van der Waals surface area contributed by atoms with Crippen LogP contribution in [0.15, 0.2) is 60.7 Å². The Hall–Kier alpha value is -2.47. The van der Waals surface area contributed by atoms with E-state index >= 15 is 0 Å². The summed E-state index contributed by atoms with van der Waals surface area (Å²) < 4.78 is 20.7. The summed E-state index contributed by atoms with van der Waals surface area (Å²) in [7, 11) is -3.55. The number of hydrogen-bond acceptors (Lipinski definition) is 6. The molecule has 6 nitrogen and oxygen atoms in total. The molecule has 0 saturated heterocycles. The molecule has 0 heterocycles. The minimum atomic E-state index is -3.55. The van der Waals surface area contributed by atoms with Crippen LogP contribution in [0, 0.1) is 40.4 Å². The molecule has 1 unspecified atom stereocenters. The van der Waals surface area contributed by atoms with Gasteiger partial charge in [-0.05, 0) is 57.2 Å². The van der Waals surface area contributed by atoms with Gasteiger partial charge in [0.1, 0.15) is 11.3 Å². The number of nitriles is 2. The Kier molecular flexibility index (Phi) is 8.02. The first-order chi connectivity index (χ1) is 16.1. The molecule has 0 radical (unpaired) electrons. The fourth-order valence-corrected chi connectivity index (χ4v) is 7.49. The van der Waals surface area contributed by atoms with E-state index in [1.165, 1.54) is 0 Å². The van der Waals surface area contributed by atoms with Crippen molar-refractivity contribution in [1.29, 1.82) is 10.5 Å². The lowest BCUT2D eigenvalue weighted by molar-refractivity contribution is -0.0336. The second-order valence-corrected chi connectivity index (χ2v) is 12.2. The first kappa shape index (κ1) is 26.1. The van der Waals surface area contributed by atoms with Crippen LogP contribution in [0.4, 0.5) is 0 Å². The minimum absolute atomic E-state index is 0.236. The molecule has 0 aliphatic heterocycles. The molecule has 0 bridgehead atoms. The molecule has 6 atom stereocenters. The van der Waals surface area contributed by atoms with Crippen LogP contribution in [0.3, 0.4) is 0 Å². The van der Waals surface area contributed by atoms with Crippen molar-refractivity contribution in [3.8, 4) is 12.1 Å². The van der Waals surface area contributed by atoms with Crippen molar-refractivity contribution in [2.24, 2.45) is 17.8 Å². The maximum absolute atomic E-state index is 14.7. The van der Waals surface area contributed by atoms with Crippen molar-refractivity contribution in [3.05, 3.63) is 66.2 Å². The van der Waals surface area contributed by atoms with E-state index in [0.717, 1.165) is 5.56 Å². The lowest BCUT2D eigenvalue weighted by atomic mass is 9.61. The van der Waals surface area contributed by atoms with Gasteiger partial charge < -0.3 is 9.63 Å². The summed E-state index contributed by atoms with van der Waals surface area (Å²) in [5.74, 6) is -1.87. The molecule has 2 N–H and O–H groups in total. The summed E-state index contributed by atoms with van der Waals surface area (Å²) >= 11 is 0. The zero-order valence-electron chi connectivity index (χ0n) is 20.3. The molecular weight excluding hydrogens is 445 g/mol. The first-order valence-corrected chi connectivity index (χ1v) is 13.5. The molecule has 34 heavy (non-hydrogen) atoms. The van der Waals surface area contributed by atoms with Crippen molar-refractivity contribution in [2.45, 2.75) is 57.5 Å². The Bertz CT molecular complexity index is 1090. The maximum Gasteiger partial charge on any atom is 0.252 e. The van der Waals surface area contributed by atoms with Gasteiger partial charge in [0.15, 0.2) is 0 Å². The molecule has 1 fully saturated rings. The summed E-state index contributed by atoms with van der Waals surface area (Å²) in [5, 5.41) is 35.3. The van der Waals surface area contributed by atoms with E-state index in [-0.39, 0.29) is 18.4 Å². The predicted molar refractivity (Wildman–Crippen MR) is 133 cm³/mol. The van der Waals surface area contributed by atoms with E-state index in [2.05, 4.69) is 17.5 Å². The van der Waals surface area contributed by atoms with E-state index in [9.17, 15) is 20.2 Å². The number of rotatable bonds is 8. The molecule has 1 aliphatic carbocycles. The Morgan fingerprint density at radius 2 is 1.76 bits per heavy atom. The summed E-state index contributed by atoms with van der Waals surface area (Å²) in [5.41, 5.74) is -1.51. The second-order valence-electron chi connectivity index (χ2n) is 9.71. The van der Waals surface area contributed by atoms with Crippen LogP contribution >= 0.6 is 7.37 Å². The van der Waals surface area contributed by atoms with E-state index in [4.69, 9.17) is 4.52 Å². The van der Waals surface area contributed by atoms with Crippen LogP contribution in [0.2, 0.25) is 0 Å². The topological polar surface area (TPSA) is 106 Å². The van der Waals surface area contributed by atoms with Crippen LogP contribution in [-0.4, -0.2) is 22.9 Å². The van der Waals surface area contributed by atoms with E-state index in [0.29, 0.717) is 18.1 Å². The van der Waals surface area contributed by atoms with Gasteiger partial charge in [-0.3, -0.25) is 9.88 Å². The van der Waals surface area contributed by atoms with Gasteiger partial charge in [-0.25, -0.2) is 0 Å². The average Bonchev–Trinajstić information content (AvgIpc) is 2.84. The highest BCUT2D eigenvalue weighted by Crippen LogP contribution is 2.59. The number of nitrogens with one attached hydrogen (secondary N) is 1. The second kappa shape index (κ2) is 10.4. The quantitative estimate of drug-likeness (QED) is 0.508. The van der Waals surface area contributed by atoms with Gasteiger partial charge in [0, 0.05) is 11.2 Å². The van der Waals surface area contributed by atoms with Crippen LogP contribution in [-0.2, 0) is 9.09 Å². The first-order valence-electron chi connectivity index (χ1n) is 11.8. The number of nitrogens with zero attached hydrogens (tertiary/aromatic N) is 2. The fourth-order valence-electron chi connectivity index (χ4n) is 4.95. The van der Waals surface area contributed by atoms with Crippen molar-refractivity contribution in [2.75, 3.05) is 6.61 Å². The van der Waals surface area contributed by atoms with Gasteiger partial charge in [0.05, 0.1) is 30.3 Å². The molecule has 180 valence electrons. The van der Waals surface area contributed by atoms with Gasteiger partial charge in [0.2, 0.25) is 0 Å². The number of aliphatic hydroxyl groups is 1. The number of hydrogen-bond donors (Lipinski definition) is 2. The van der Waals surface area contributed by atoms with E-state index in [1.54, 1.807) is 32.9 Å². The minimum Gasteiger partial charge on any atom is -0.390 e. The molecule has 1 saturated carbocycles. The summed E-state index contributed by atoms with van der Waals surface area (Å²) in [6.07, 6.45) is 0.834. The summed E-state index contributed by atoms with van der Waals surface area (Å²) in [6, 6.07) is 23.2. The van der Waals surface area contributed by atoms with E-state index in [1.807, 2.05) is 55.5 Å². The average molecular weight is 480 g/mol. The summed E-state index contributed by atoms with van der Waals surface area (Å²) in [4.78, 5) is 0. The normalized spacial score (nSPS) is 27.7. The van der Waals surface area contributed by atoms with Crippen molar-refractivity contribution >= 4 is 12.7 Å². The predicted octanol–water partition coefficient (Wildman–Crippen LogP) is 5.13. The van der Waals surface area contributed by atoms with Gasteiger partial charge >= 0.3 is 0 Å². The highest BCUT2D eigenvalue weighted by atomic mass is 31.2. The van der Waals surface area contributed by atoms with Gasteiger partial charge in [-0.1, -0.05) is 55.5 Å². The third kappa shape index (κ3) is 5.12. The summed E-state index contributed by atoms with van der Waals surface area (Å²) in [6.45, 7) is 7.36. The van der Waals surface area contributed by atoms with Crippen LogP contribution in [0.25, 0.3) is 0 Å². The smallest absolute Gasteiger partial charge is 0.252 e. The Morgan fingerprint density at radius 1 is 1.18 bits per heavy atom. The van der Waals surface area contributed by atoms with Crippen molar-refractivity contribution < 1.29 is 14.2 Å². The zero-order chi connectivity index (χ0) is 25.0. The molecule has 0 amide bonds. The monoisotopic (exact) mass is 479 g/mol. The van der Waals surface area contributed by atoms with Crippen LogP contribution in [0.5, 0.6) is 0 Å². The highest BCUT2D eigenvalue weighted by molar-refractivity contribution is 7.67. The van der Waals surface area contributed by atoms with Gasteiger partial charge in [0.25, 0.3) is 7.37 Å². The zero-order valence-corrected chi connectivity index (χ0v) is 21.2. The third-order valence-electron chi connectivity index (χ3n) is 7.14. The lowest BCUT2D eigenvalue weighted by Crippen LogP contribution is -2.59. The largest absolute Gasteiger partial charge is 0.390 e. The fraction of sp³-hybridized carbons (Fsp3) is 0.481. The number of benzene rings is 2. The Labute approximate surface area is 203 Å². The molecule has 0 spiro atoms. The highest BCUT2D eigenvalue weighted by Gasteiger charge is 2.53. The SMILES string of the molecule is CCOP(=O)(c1ccccc1)[C@H](N[C@]1(C#N)C[C@H](C(C)(C)O)C[C@@H](C#N)[C@H]1C)c1ccccc1. The lowest BCUT2D eigenvalue weighted by Gasteiger charge is -2.49. The van der Waals surface area contributed by atoms with Crippen molar-refractivity contribution in [1.82, 2.24) is 5.32 Å². The molecule has 0 aromatic heterocycles. The molecule has 3 rings (SSSR count). The molecule has 1 aliphatic rings. The molecule has 2 aromatic rings.